The van der Waals surface area contributed by atoms with Crippen molar-refractivity contribution >= 4 is 22.6 Å². The smallest absolute Gasteiger partial charge is 0.319 e. The molecular formula is C22H26N4O2. The number of H-pyrrole nitrogens is 1. The Kier molecular flexibility index (Phi) is 5.19. The van der Waals surface area contributed by atoms with Gasteiger partial charge in [0.25, 0.3) is 0 Å². The highest BCUT2D eigenvalue weighted by atomic mass is 16.5. The molecule has 0 saturated heterocycles. The number of hydrogen-bond acceptors (Lipinski definition) is 3. The van der Waals surface area contributed by atoms with Gasteiger partial charge in [0.2, 0.25) is 0 Å². The first-order chi connectivity index (χ1) is 13.6. The molecule has 0 aliphatic carbocycles. The summed E-state index contributed by atoms with van der Waals surface area (Å²) in [6.45, 7) is 4.24. The molecule has 0 fully saturated rings. The van der Waals surface area contributed by atoms with E-state index in [0.717, 1.165) is 59.2 Å². The summed E-state index contributed by atoms with van der Waals surface area (Å²) in [6.07, 6.45) is 5.87. The number of carbonyl (C=O) groups is 1. The molecule has 6 heteroatoms. The Morgan fingerprint density at radius 2 is 2.21 bits per heavy atom. The van der Waals surface area contributed by atoms with E-state index in [0.29, 0.717) is 0 Å². The van der Waals surface area contributed by atoms with Gasteiger partial charge >= 0.3 is 6.03 Å². The van der Waals surface area contributed by atoms with E-state index in [9.17, 15) is 4.79 Å². The monoisotopic (exact) mass is 378 g/mol. The van der Waals surface area contributed by atoms with Gasteiger partial charge in [0.1, 0.15) is 11.9 Å². The molecule has 1 aliphatic rings. The van der Waals surface area contributed by atoms with E-state index >= 15 is 0 Å². The third kappa shape index (κ3) is 3.81. The van der Waals surface area contributed by atoms with Crippen LogP contribution in [0, 0.1) is 6.92 Å². The second-order valence-electron chi connectivity index (χ2n) is 7.45. The normalized spacial score (nSPS) is 18.4. The predicted molar refractivity (Wildman–Crippen MR) is 111 cm³/mol. The zero-order valence-corrected chi connectivity index (χ0v) is 16.3. The molecule has 6 nitrogen and oxygen atoms in total. The van der Waals surface area contributed by atoms with Crippen molar-refractivity contribution < 1.29 is 9.53 Å². The van der Waals surface area contributed by atoms with Crippen LogP contribution in [0.5, 0.6) is 5.75 Å². The zero-order valence-electron chi connectivity index (χ0n) is 16.3. The number of aromatic amines is 1. The number of benzene rings is 2. The molecule has 146 valence electrons. The number of ether oxygens (including phenoxy) is 1. The van der Waals surface area contributed by atoms with E-state index in [-0.39, 0.29) is 18.2 Å². The van der Waals surface area contributed by atoms with Crippen LogP contribution in [0.15, 0.2) is 42.6 Å². The highest BCUT2D eigenvalue weighted by Crippen LogP contribution is 2.37. The summed E-state index contributed by atoms with van der Waals surface area (Å²) in [7, 11) is 0. The average Bonchev–Trinajstić information content (AvgIpc) is 3.16. The molecule has 0 radical (unpaired) electrons. The van der Waals surface area contributed by atoms with Crippen molar-refractivity contribution in [3.8, 4) is 5.75 Å². The number of fused-ring (bicyclic) bond motifs is 2. The standard InChI is InChI=1S/C22H26N4O2/c1-3-4-6-15-12-20(16-11-14(2)9-10-21(16)28-15)25-22(27)24-18-7-5-8-19-17(18)13-23-26-19/h5,7-11,13,15,20H,3-4,6,12H2,1-2H3,(H,23,26)(H2,24,25,27). The molecule has 1 aliphatic heterocycles. The van der Waals surface area contributed by atoms with Crippen molar-refractivity contribution in [3.63, 3.8) is 0 Å². The van der Waals surface area contributed by atoms with E-state index in [1.807, 2.05) is 24.3 Å². The third-order valence-corrected chi connectivity index (χ3v) is 5.25. The topological polar surface area (TPSA) is 79.0 Å². The molecule has 2 unspecified atom stereocenters. The van der Waals surface area contributed by atoms with Gasteiger partial charge < -0.3 is 15.4 Å². The van der Waals surface area contributed by atoms with Gasteiger partial charge in [0.05, 0.1) is 23.4 Å². The lowest BCUT2D eigenvalue weighted by Crippen LogP contribution is -2.38. The van der Waals surface area contributed by atoms with Crippen LogP contribution in [-0.4, -0.2) is 22.3 Å². The number of rotatable bonds is 5. The predicted octanol–water partition coefficient (Wildman–Crippen LogP) is 5.08. The van der Waals surface area contributed by atoms with Gasteiger partial charge in [-0.3, -0.25) is 5.10 Å². The van der Waals surface area contributed by atoms with Gasteiger partial charge in [-0.2, -0.15) is 5.10 Å². The fraction of sp³-hybridized carbons (Fsp3) is 0.364. The number of amides is 2. The van der Waals surface area contributed by atoms with Crippen molar-refractivity contribution in [2.24, 2.45) is 0 Å². The van der Waals surface area contributed by atoms with E-state index < -0.39 is 0 Å². The summed E-state index contributed by atoms with van der Waals surface area (Å²) >= 11 is 0. The van der Waals surface area contributed by atoms with Crippen LogP contribution in [0.1, 0.15) is 49.8 Å². The number of nitrogens with one attached hydrogen (secondary N) is 3. The Balaban J connectivity index is 1.53. The van der Waals surface area contributed by atoms with Gasteiger partial charge in [0.15, 0.2) is 0 Å². The number of hydrogen-bond donors (Lipinski definition) is 3. The van der Waals surface area contributed by atoms with Crippen LogP contribution in [0.2, 0.25) is 0 Å². The fourth-order valence-corrected chi connectivity index (χ4v) is 3.80. The van der Waals surface area contributed by atoms with Crippen LogP contribution in [0.4, 0.5) is 10.5 Å². The molecule has 4 rings (SSSR count). The van der Waals surface area contributed by atoms with Crippen molar-refractivity contribution in [1.29, 1.82) is 0 Å². The number of aryl methyl sites for hydroxylation is 1. The molecule has 0 spiro atoms. The summed E-state index contributed by atoms with van der Waals surface area (Å²) in [5.41, 5.74) is 3.83. The lowest BCUT2D eigenvalue weighted by molar-refractivity contribution is 0.140. The Hall–Kier alpha value is -3.02. The average molecular weight is 378 g/mol. The molecule has 0 saturated carbocycles. The van der Waals surface area contributed by atoms with E-state index in [1.165, 1.54) is 0 Å². The molecule has 28 heavy (non-hydrogen) atoms. The maximum absolute atomic E-state index is 12.8. The van der Waals surface area contributed by atoms with Crippen LogP contribution in [0.3, 0.4) is 0 Å². The summed E-state index contributed by atoms with van der Waals surface area (Å²) in [4.78, 5) is 12.8. The number of unbranched alkanes of at least 4 members (excludes halogenated alkanes) is 1. The second-order valence-corrected chi connectivity index (χ2v) is 7.45. The van der Waals surface area contributed by atoms with Gasteiger partial charge in [0, 0.05) is 17.4 Å². The van der Waals surface area contributed by atoms with Gasteiger partial charge in [-0.05, 0) is 31.5 Å². The quantitative estimate of drug-likeness (QED) is 0.579. The highest BCUT2D eigenvalue weighted by Gasteiger charge is 2.29. The summed E-state index contributed by atoms with van der Waals surface area (Å²) in [5, 5.41) is 14.0. The molecule has 1 aromatic heterocycles. The van der Waals surface area contributed by atoms with E-state index in [4.69, 9.17) is 4.74 Å². The fourth-order valence-electron chi connectivity index (χ4n) is 3.80. The molecule has 3 N–H and O–H groups in total. The second kappa shape index (κ2) is 7.92. The van der Waals surface area contributed by atoms with Gasteiger partial charge in [-0.1, -0.05) is 43.5 Å². The van der Waals surface area contributed by atoms with E-state index in [1.54, 1.807) is 6.20 Å². The number of urea groups is 1. The Bertz CT molecular complexity index is 982. The summed E-state index contributed by atoms with van der Waals surface area (Å²) in [6, 6.07) is 11.6. The maximum Gasteiger partial charge on any atom is 0.319 e. The molecule has 0 bridgehead atoms. The Morgan fingerprint density at radius 1 is 1.32 bits per heavy atom. The molecule has 2 amide bonds. The first kappa shape index (κ1) is 18.3. The molecule has 3 aromatic rings. The van der Waals surface area contributed by atoms with Crippen molar-refractivity contribution in [2.45, 2.75) is 51.7 Å². The first-order valence-electron chi connectivity index (χ1n) is 9.91. The first-order valence-corrected chi connectivity index (χ1v) is 9.91. The minimum atomic E-state index is -0.220. The Labute approximate surface area is 164 Å². The highest BCUT2D eigenvalue weighted by molar-refractivity contribution is 6.00. The Morgan fingerprint density at radius 3 is 3.07 bits per heavy atom. The van der Waals surface area contributed by atoms with Crippen LogP contribution < -0.4 is 15.4 Å². The maximum atomic E-state index is 12.8. The molecule has 2 heterocycles. The number of anilines is 1. The van der Waals surface area contributed by atoms with Crippen molar-refractivity contribution in [3.05, 3.63) is 53.7 Å². The SMILES string of the molecule is CCCCC1CC(NC(=O)Nc2cccc3[nH]ncc23)c2cc(C)ccc2O1. The molecular weight excluding hydrogens is 352 g/mol. The van der Waals surface area contributed by atoms with E-state index in [2.05, 4.69) is 46.8 Å². The summed E-state index contributed by atoms with van der Waals surface area (Å²) in [5.74, 6) is 0.875. The lowest BCUT2D eigenvalue weighted by Gasteiger charge is -2.33. The summed E-state index contributed by atoms with van der Waals surface area (Å²) < 4.78 is 6.18. The van der Waals surface area contributed by atoms with Gasteiger partial charge in [-0.25, -0.2) is 4.79 Å². The molecule has 2 aromatic carbocycles. The largest absolute Gasteiger partial charge is 0.490 e. The van der Waals surface area contributed by atoms with Crippen molar-refractivity contribution in [1.82, 2.24) is 15.5 Å². The zero-order chi connectivity index (χ0) is 19.5. The number of carbonyl (C=O) groups excluding carboxylic acids is 1. The van der Waals surface area contributed by atoms with Gasteiger partial charge in [-0.15, -0.1) is 0 Å². The van der Waals surface area contributed by atoms with Crippen LogP contribution in [0.25, 0.3) is 10.9 Å². The minimum absolute atomic E-state index is 0.0749. The lowest BCUT2D eigenvalue weighted by atomic mass is 9.93. The number of nitrogens with zero attached hydrogens (tertiary/aromatic N) is 1. The minimum Gasteiger partial charge on any atom is -0.490 e. The third-order valence-electron chi connectivity index (χ3n) is 5.25. The molecule has 2 atom stereocenters. The van der Waals surface area contributed by atoms with Crippen LogP contribution in [-0.2, 0) is 0 Å². The number of aromatic nitrogens is 2. The van der Waals surface area contributed by atoms with Crippen molar-refractivity contribution in [2.75, 3.05) is 5.32 Å². The van der Waals surface area contributed by atoms with Crippen LogP contribution >= 0.6 is 0 Å².